The summed E-state index contributed by atoms with van der Waals surface area (Å²) >= 11 is 9.43. The smallest absolute Gasteiger partial charge is 0.192 e. The molecule has 6 heteroatoms. The van der Waals surface area contributed by atoms with Crippen LogP contribution in [0.1, 0.15) is 20.8 Å². The molecule has 0 saturated heterocycles. The zero-order valence-corrected chi connectivity index (χ0v) is 16.1. The quantitative estimate of drug-likeness (QED) is 0.440. The Morgan fingerprint density at radius 2 is 1.85 bits per heavy atom. The van der Waals surface area contributed by atoms with E-state index in [9.17, 15) is 0 Å². The Morgan fingerprint density at radius 3 is 2.40 bits per heavy atom. The lowest BCUT2D eigenvalue weighted by Crippen LogP contribution is -2.41. The van der Waals surface area contributed by atoms with Crippen LogP contribution in [-0.2, 0) is 4.43 Å². The van der Waals surface area contributed by atoms with Crippen molar-refractivity contribution in [3.8, 4) is 5.75 Å². The summed E-state index contributed by atoms with van der Waals surface area (Å²) in [6.07, 6.45) is 0. The van der Waals surface area contributed by atoms with Crippen molar-refractivity contribution in [2.75, 3.05) is 18.9 Å². The summed E-state index contributed by atoms with van der Waals surface area (Å²) in [7, 11) is -1.72. The van der Waals surface area contributed by atoms with Crippen molar-refractivity contribution in [1.29, 1.82) is 0 Å². The molecule has 0 aliphatic carbocycles. The first kappa shape index (κ1) is 17.8. The fraction of sp³-hybridized carbons (Fsp3) is 0.571. The fourth-order valence-electron chi connectivity index (χ4n) is 1.32. The lowest BCUT2D eigenvalue weighted by Gasteiger charge is -2.36. The molecule has 0 spiro atoms. The van der Waals surface area contributed by atoms with E-state index in [1.54, 1.807) is 12.1 Å². The monoisotopic (exact) mass is 379 g/mol. The van der Waals surface area contributed by atoms with Gasteiger partial charge in [-0.25, -0.2) is 0 Å². The maximum Gasteiger partial charge on any atom is 0.192 e. The maximum absolute atomic E-state index is 6.10. The van der Waals surface area contributed by atoms with Gasteiger partial charge < -0.3 is 14.9 Å². The van der Waals surface area contributed by atoms with Crippen LogP contribution in [0.4, 0.5) is 5.69 Å². The minimum absolute atomic E-state index is 0.201. The molecule has 20 heavy (non-hydrogen) atoms. The lowest BCUT2D eigenvalue weighted by atomic mass is 10.2. The molecule has 1 aromatic carbocycles. The Balaban J connectivity index is 2.52. The van der Waals surface area contributed by atoms with Gasteiger partial charge in [-0.05, 0) is 40.1 Å². The summed E-state index contributed by atoms with van der Waals surface area (Å²) in [6.45, 7) is 12.1. The molecule has 114 valence electrons. The minimum atomic E-state index is -1.72. The molecule has 0 bridgehead atoms. The van der Waals surface area contributed by atoms with Crippen molar-refractivity contribution in [2.24, 2.45) is 0 Å². The van der Waals surface area contributed by atoms with E-state index in [-0.39, 0.29) is 5.04 Å². The first-order valence-corrected chi connectivity index (χ1v) is 10.6. The summed E-state index contributed by atoms with van der Waals surface area (Å²) in [4.78, 5) is 0. The van der Waals surface area contributed by atoms with E-state index in [0.717, 1.165) is 4.47 Å². The zero-order valence-electron chi connectivity index (χ0n) is 12.7. The number of nitrogen functional groups attached to an aromatic ring is 1. The highest BCUT2D eigenvalue weighted by Gasteiger charge is 2.36. The number of rotatable bonds is 5. The largest absolute Gasteiger partial charge is 0.490 e. The van der Waals surface area contributed by atoms with Gasteiger partial charge in [-0.3, -0.25) is 0 Å². The van der Waals surface area contributed by atoms with E-state index in [4.69, 9.17) is 26.5 Å². The van der Waals surface area contributed by atoms with Crippen LogP contribution in [0, 0.1) is 0 Å². The molecular formula is C14H23BrClNO2Si. The SMILES string of the molecule is CC(C)(C)[Si](C)(C)OCCOc1cc(N)c(Br)cc1Cl. The number of hydrogen-bond acceptors (Lipinski definition) is 3. The molecule has 0 saturated carbocycles. The molecular weight excluding hydrogens is 358 g/mol. The molecule has 0 aliphatic heterocycles. The zero-order chi connectivity index (χ0) is 15.6. The highest BCUT2D eigenvalue weighted by Crippen LogP contribution is 2.36. The second-order valence-corrected chi connectivity index (χ2v) is 12.3. The van der Waals surface area contributed by atoms with E-state index in [1.165, 1.54) is 0 Å². The number of halogens is 2. The molecule has 0 fully saturated rings. The van der Waals surface area contributed by atoms with Gasteiger partial charge >= 0.3 is 0 Å². The van der Waals surface area contributed by atoms with Crippen LogP contribution in [0.5, 0.6) is 5.75 Å². The van der Waals surface area contributed by atoms with Gasteiger partial charge in [0.2, 0.25) is 0 Å². The molecule has 0 aromatic heterocycles. The van der Waals surface area contributed by atoms with Crippen molar-refractivity contribution in [1.82, 2.24) is 0 Å². The van der Waals surface area contributed by atoms with Crippen molar-refractivity contribution in [3.05, 3.63) is 21.6 Å². The van der Waals surface area contributed by atoms with Gasteiger partial charge in [0, 0.05) is 16.2 Å². The summed E-state index contributed by atoms with van der Waals surface area (Å²) in [5, 5.41) is 0.741. The number of hydrogen-bond donors (Lipinski definition) is 1. The van der Waals surface area contributed by atoms with Gasteiger partial charge in [0.15, 0.2) is 8.32 Å². The van der Waals surface area contributed by atoms with Gasteiger partial charge in [0.05, 0.1) is 11.6 Å². The topological polar surface area (TPSA) is 44.5 Å². The van der Waals surface area contributed by atoms with Crippen LogP contribution in [0.15, 0.2) is 16.6 Å². The van der Waals surface area contributed by atoms with Crippen molar-refractivity contribution in [3.63, 3.8) is 0 Å². The summed E-state index contributed by atoms with van der Waals surface area (Å²) in [5.41, 5.74) is 6.42. The molecule has 0 amide bonds. The van der Waals surface area contributed by atoms with Crippen LogP contribution in [0.3, 0.4) is 0 Å². The van der Waals surface area contributed by atoms with Gasteiger partial charge in [0.25, 0.3) is 0 Å². The number of ether oxygens (including phenoxy) is 1. The second kappa shape index (κ2) is 6.69. The van der Waals surface area contributed by atoms with E-state index < -0.39 is 8.32 Å². The molecule has 0 aliphatic rings. The van der Waals surface area contributed by atoms with Crippen LogP contribution >= 0.6 is 27.5 Å². The second-order valence-electron chi connectivity index (χ2n) is 6.26. The van der Waals surface area contributed by atoms with Crippen LogP contribution < -0.4 is 10.5 Å². The molecule has 0 radical (unpaired) electrons. The number of nitrogens with two attached hydrogens (primary N) is 1. The maximum atomic E-state index is 6.10. The third-order valence-corrected chi connectivity index (χ3v) is 9.18. The standard InChI is InChI=1S/C14H23BrClNO2Si/c1-14(2,3)20(4,5)19-7-6-18-13-9-12(17)10(15)8-11(13)16/h8-9H,6-7,17H2,1-5H3. The minimum Gasteiger partial charge on any atom is -0.490 e. The van der Waals surface area contributed by atoms with Crippen LogP contribution in [0.25, 0.3) is 0 Å². The van der Waals surface area contributed by atoms with Gasteiger partial charge in [-0.2, -0.15) is 0 Å². The molecule has 1 rings (SSSR count). The van der Waals surface area contributed by atoms with Gasteiger partial charge in [-0.15, -0.1) is 0 Å². The fourth-order valence-corrected chi connectivity index (χ4v) is 3.04. The molecule has 1 aromatic rings. The van der Waals surface area contributed by atoms with E-state index in [1.807, 2.05) is 0 Å². The normalized spacial score (nSPS) is 12.6. The van der Waals surface area contributed by atoms with E-state index in [0.29, 0.717) is 29.7 Å². The Morgan fingerprint density at radius 1 is 1.25 bits per heavy atom. The molecule has 0 heterocycles. The Kier molecular flexibility index (Phi) is 5.96. The van der Waals surface area contributed by atoms with Gasteiger partial charge in [-0.1, -0.05) is 32.4 Å². The van der Waals surface area contributed by atoms with Crippen LogP contribution in [-0.4, -0.2) is 21.5 Å². The van der Waals surface area contributed by atoms with Crippen molar-refractivity contribution in [2.45, 2.75) is 38.9 Å². The van der Waals surface area contributed by atoms with Crippen molar-refractivity contribution < 1.29 is 9.16 Å². The third-order valence-electron chi connectivity index (χ3n) is 3.66. The number of benzene rings is 1. The highest BCUT2D eigenvalue weighted by molar-refractivity contribution is 9.10. The lowest BCUT2D eigenvalue weighted by molar-refractivity contribution is 0.203. The van der Waals surface area contributed by atoms with E-state index in [2.05, 4.69) is 49.8 Å². The molecule has 2 N–H and O–H groups in total. The third kappa shape index (κ3) is 4.65. The van der Waals surface area contributed by atoms with Gasteiger partial charge in [0.1, 0.15) is 12.4 Å². The number of anilines is 1. The van der Waals surface area contributed by atoms with Crippen molar-refractivity contribution >= 4 is 41.5 Å². The Labute approximate surface area is 136 Å². The van der Waals surface area contributed by atoms with Crippen LogP contribution in [0.2, 0.25) is 23.2 Å². The Hall–Kier alpha value is -0.233. The predicted octanol–water partition coefficient (Wildman–Crippen LogP) is 5.09. The molecule has 0 unspecified atom stereocenters. The van der Waals surface area contributed by atoms with E-state index >= 15 is 0 Å². The molecule has 3 nitrogen and oxygen atoms in total. The average molecular weight is 381 g/mol. The Bertz CT molecular complexity index is 475. The highest BCUT2D eigenvalue weighted by atomic mass is 79.9. The molecule has 0 atom stereocenters. The summed E-state index contributed by atoms with van der Waals surface area (Å²) in [5.74, 6) is 0.589. The average Bonchev–Trinajstić information content (AvgIpc) is 2.29. The summed E-state index contributed by atoms with van der Waals surface area (Å²) in [6, 6.07) is 3.46. The summed E-state index contributed by atoms with van der Waals surface area (Å²) < 4.78 is 12.5. The predicted molar refractivity (Wildman–Crippen MR) is 92.2 cm³/mol. The first-order valence-electron chi connectivity index (χ1n) is 6.56. The first-order chi connectivity index (χ1) is 9.04.